The SMILES string of the molecule is CC1(C)CCC[C@]2(C)C(=CCO)[C@@H]3CC[C@@H]2[C@H]31. The van der Waals surface area contributed by atoms with Crippen molar-refractivity contribution >= 4 is 0 Å². The van der Waals surface area contributed by atoms with Gasteiger partial charge in [-0.25, -0.2) is 0 Å². The summed E-state index contributed by atoms with van der Waals surface area (Å²) in [6.45, 7) is 7.68. The first-order chi connectivity index (χ1) is 8.00. The zero-order valence-electron chi connectivity index (χ0n) is 11.5. The molecule has 0 aliphatic heterocycles. The maximum absolute atomic E-state index is 9.31. The van der Waals surface area contributed by atoms with Crippen molar-refractivity contribution in [3.05, 3.63) is 11.6 Å². The van der Waals surface area contributed by atoms with E-state index in [0.29, 0.717) is 10.8 Å². The number of hydrogen-bond acceptors (Lipinski definition) is 1. The van der Waals surface area contributed by atoms with E-state index in [1.54, 1.807) is 5.57 Å². The molecule has 0 spiro atoms. The zero-order valence-corrected chi connectivity index (χ0v) is 11.5. The lowest BCUT2D eigenvalue weighted by atomic mass is 9.68. The van der Waals surface area contributed by atoms with E-state index in [9.17, 15) is 5.11 Å². The maximum Gasteiger partial charge on any atom is 0.0615 e. The molecule has 0 aromatic heterocycles. The van der Waals surface area contributed by atoms with Crippen molar-refractivity contribution in [1.29, 1.82) is 0 Å². The third-order valence-electron chi connectivity index (χ3n) is 6.26. The molecule has 0 saturated heterocycles. The van der Waals surface area contributed by atoms with Gasteiger partial charge in [0, 0.05) is 0 Å². The van der Waals surface area contributed by atoms with Crippen LogP contribution in [0.1, 0.15) is 52.9 Å². The van der Waals surface area contributed by atoms with Crippen molar-refractivity contribution in [3.63, 3.8) is 0 Å². The van der Waals surface area contributed by atoms with Gasteiger partial charge in [0.05, 0.1) is 6.61 Å². The third-order valence-corrected chi connectivity index (χ3v) is 6.26. The van der Waals surface area contributed by atoms with Crippen LogP contribution in [0.4, 0.5) is 0 Å². The van der Waals surface area contributed by atoms with Crippen LogP contribution in [0, 0.1) is 28.6 Å². The Kier molecular flexibility index (Phi) is 2.49. The second-order valence-electron chi connectivity index (χ2n) is 7.42. The fraction of sp³-hybridized carbons (Fsp3) is 0.875. The molecule has 0 unspecified atom stereocenters. The van der Waals surface area contributed by atoms with Crippen molar-refractivity contribution in [2.45, 2.75) is 52.9 Å². The first-order valence-electron chi connectivity index (χ1n) is 7.32. The molecule has 0 heterocycles. The Hall–Kier alpha value is -0.300. The molecule has 17 heavy (non-hydrogen) atoms. The molecule has 4 bridgehead atoms. The van der Waals surface area contributed by atoms with Crippen LogP contribution in [0.5, 0.6) is 0 Å². The van der Waals surface area contributed by atoms with E-state index in [0.717, 1.165) is 17.8 Å². The van der Waals surface area contributed by atoms with Gasteiger partial charge in [0.15, 0.2) is 0 Å². The summed E-state index contributed by atoms with van der Waals surface area (Å²) in [6.07, 6.45) is 9.06. The number of aliphatic hydroxyl groups is 1. The molecule has 3 aliphatic rings. The Balaban J connectivity index is 2.08. The van der Waals surface area contributed by atoms with Gasteiger partial charge < -0.3 is 5.11 Å². The molecule has 4 atom stereocenters. The van der Waals surface area contributed by atoms with E-state index in [-0.39, 0.29) is 6.61 Å². The first-order valence-corrected chi connectivity index (χ1v) is 7.32. The molecule has 3 rings (SSSR count). The summed E-state index contributed by atoms with van der Waals surface area (Å²) in [5.41, 5.74) is 2.55. The van der Waals surface area contributed by atoms with Gasteiger partial charge in [-0.15, -0.1) is 0 Å². The summed E-state index contributed by atoms with van der Waals surface area (Å²) in [5.74, 6) is 2.56. The second kappa shape index (κ2) is 3.60. The summed E-state index contributed by atoms with van der Waals surface area (Å²) < 4.78 is 0. The summed E-state index contributed by atoms with van der Waals surface area (Å²) in [7, 11) is 0. The van der Waals surface area contributed by atoms with Crippen LogP contribution in [0.25, 0.3) is 0 Å². The lowest BCUT2D eigenvalue weighted by Gasteiger charge is -2.36. The molecule has 1 N–H and O–H groups in total. The minimum atomic E-state index is 0.237. The van der Waals surface area contributed by atoms with Crippen LogP contribution in [0.15, 0.2) is 11.6 Å². The Morgan fingerprint density at radius 2 is 2.00 bits per heavy atom. The molecule has 3 aliphatic carbocycles. The predicted molar refractivity (Wildman–Crippen MR) is 70.6 cm³/mol. The first kappa shape index (κ1) is 11.8. The number of aliphatic hydroxyl groups excluding tert-OH is 1. The van der Waals surface area contributed by atoms with Crippen molar-refractivity contribution in [2.24, 2.45) is 28.6 Å². The van der Waals surface area contributed by atoms with E-state index < -0.39 is 0 Å². The number of hydrogen-bond donors (Lipinski definition) is 1. The van der Waals surface area contributed by atoms with Gasteiger partial charge in [0.2, 0.25) is 0 Å². The highest BCUT2D eigenvalue weighted by Gasteiger charge is 2.62. The molecule has 1 heteroatoms. The van der Waals surface area contributed by atoms with Crippen LogP contribution in [-0.2, 0) is 0 Å². The average Bonchev–Trinajstić information content (AvgIpc) is 2.74. The van der Waals surface area contributed by atoms with Gasteiger partial charge in [0.25, 0.3) is 0 Å². The molecule has 1 nitrogen and oxygen atoms in total. The van der Waals surface area contributed by atoms with Gasteiger partial charge in [-0.2, -0.15) is 0 Å². The minimum absolute atomic E-state index is 0.237. The predicted octanol–water partition coefficient (Wildman–Crippen LogP) is 3.78. The van der Waals surface area contributed by atoms with Crippen LogP contribution in [0.2, 0.25) is 0 Å². The van der Waals surface area contributed by atoms with Gasteiger partial charge in [-0.3, -0.25) is 0 Å². The lowest BCUT2D eigenvalue weighted by Crippen LogP contribution is -2.28. The molecule has 0 aromatic rings. The normalized spacial score (nSPS) is 49.6. The monoisotopic (exact) mass is 234 g/mol. The molecular formula is C16H26O. The molecular weight excluding hydrogens is 208 g/mol. The van der Waals surface area contributed by atoms with Crippen molar-refractivity contribution in [1.82, 2.24) is 0 Å². The topological polar surface area (TPSA) is 20.2 Å². The van der Waals surface area contributed by atoms with Crippen molar-refractivity contribution in [3.8, 4) is 0 Å². The number of allylic oxidation sites excluding steroid dienone is 1. The molecule has 3 saturated carbocycles. The fourth-order valence-corrected chi connectivity index (χ4v) is 5.68. The quantitative estimate of drug-likeness (QED) is 0.685. The van der Waals surface area contributed by atoms with E-state index in [1.807, 2.05) is 0 Å². The van der Waals surface area contributed by atoms with Crippen LogP contribution >= 0.6 is 0 Å². The highest BCUT2D eigenvalue weighted by atomic mass is 16.2. The van der Waals surface area contributed by atoms with E-state index in [1.165, 1.54) is 32.1 Å². The van der Waals surface area contributed by atoms with Crippen LogP contribution < -0.4 is 0 Å². The molecule has 0 amide bonds. The fourth-order valence-electron chi connectivity index (χ4n) is 5.68. The molecule has 96 valence electrons. The minimum Gasteiger partial charge on any atom is -0.392 e. The Morgan fingerprint density at radius 3 is 2.71 bits per heavy atom. The smallest absolute Gasteiger partial charge is 0.0615 e. The van der Waals surface area contributed by atoms with Crippen LogP contribution in [-0.4, -0.2) is 11.7 Å². The Bertz CT molecular complexity index is 355. The molecule has 0 radical (unpaired) electrons. The van der Waals surface area contributed by atoms with Gasteiger partial charge in [-0.1, -0.05) is 38.8 Å². The van der Waals surface area contributed by atoms with Crippen molar-refractivity contribution < 1.29 is 5.11 Å². The summed E-state index contributed by atoms with van der Waals surface area (Å²) >= 11 is 0. The highest BCUT2D eigenvalue weighted by molar-refractivity contribution is 5.31. The Morgan fingerprint density at radius 1 is 1.24 bits per heavy atom. The second-order valence-corrected chi connectivity index (χ2v) is 7.42. The molecule has 0 aromatic carbocycles. The highest BCUT2D eigenvalue weighted by Crippen LogP contribution is 2.70. The summed E-state index contributed by atoms with van der Waals surface area (Å²) in [4.78, 5) is 0. The van der Waals surface area contributed by atoms with Gasteiger partial charge in [-0.05, 0) is 54.3 Å². The largest absolute Gasteiger partial charge is 0.392 e. The zero-order chi connectivity index (χ0) is 12.3. The third kappa shape index (κ3) is 1.41. The summed E-state index contributed by atoms with van der Waals surface area (Å²) in [6, 6.07) is 0. The summed E-state index contributed by atoms with van der Waals surface area (Å²) in [5, 5.41) is 9.31. The maximum atomic E-state index is 9.31. The standard InChI is InChI=1S/C16H26O/c1-15(2)8-4-9-16(3)12(7-10-17)11-5-6-13(16)14(11)15/h7,11,13-14,17H,4-6,8-10H2,1-3H3/t11-,13+,14-,16+/m0/s1. The number of rotatable bonds is 1. The molecule has 3 fully saturated rings. The van der Waals surface area contributed by atoms with E-state index in [2.05, 4.69) is 26.8 Å². The van der Waals surface area contributed by atoms with Crippen molar-refractivity contribution in [2.75, 3.05) is 6.61 Å². The average molecular weight is 234 g/mol. The van der Waals surface area contributed by atoms with Gasteiger partial charge >= 0.3 is 0 Å². The lowest BCUT2D eigenvalue weighted by molar-refractivity contribution is 0.141. The Labute approximate surface area is 105 Å². The van der Waals surface area contributed by atoms with E-state index >= 15 is 0 Å². The van der Waals surface area contributed by atoms with E-state index in [4.69, 9.17) is 0 Å². The van der Waals surface area contributed by atoms with Gasteiger partial charge in [0.1, 0.15) is 0 Å². The van der Waals surface area contributed by atoms with Crippen LogP contribution in [0.3, 0.4) is 0 Å².